The minimum Gasteiger partial charge on any atom is -0.324 e. The Balaban J connectivity index is 2.63. The third-order valence-electron chi connectivity index (χ3n) is 1.64. The summed E-state index contributed by atoms with van der Waals surface area (Å²) in [6.07, 6.45) is 0.442. The summed E-state index contributed by atoms with van der Waals surface area (Å²) in [5.41, 5.74) is 4.20. The SMILES string of the molecule is C[C@@]1(N)C[C@H]1P(=O)(O)O. The first-order valence-corrected chi connectivity index (χ1v) is 4.36. The van der Waals surface area contributed by atoms with E-state index in [-0.39, 0.29) is 0 Å². The lowest BCUT2D eigenvalue weighted by atomic mass is 10.4. The topological polar surface area (TPSA) is 83.6 Å². The Morgan fingerprint density at radius 3 is 2.11 bits per heavy atom. The van der Waals surface area contributed by atoms with Crippen LogP contribution in [0.15, 0.2) is 0 Å². The molecule has 54 valence electrons. The van der Waals surface area contributed by atoms with Crippen molar-refractivity contribution in [2.24, 2.45) is 5.73 Å². The van der Waals surface area contributed by atoms with Gasteiger partial charge in [0.15, 0.2) is 0 Å². The number of nitrogens with two attached hydrogens (primary N) is 1. The van der Waals surface area contributed by atoms with Crippen LogP contribution >= 0.6 is 7.60 Å². The zero-order valence-electron chi connectivity index (χ0n) is 5.11. The first-order chi connectivity index (χ1) is 3.84. The highest BCUT2D eigenvalue weighted by Gasteiger charge is 2.57. The highest BCUT2D eigenvalue weighted by atomic mass is 31.2. The van der Waals surface area contributed by atoms with Gasteiger partial charge in [-0.1, -0.05) is 0 Å². The molecule has 2 atom stereocenters. The van der Waals surface area contributed by atoms with Gasteiger partial charge in [0, 0.05) is 5.54 Å². The van der Waals surface area contributed by atoms with Gasteiger partial charge in [0.05, 0.1) is 5.66 Å². The maximum atomic E-state index is 10.4. The summed E-state index contributed by atoms with van der Waals surface area (Å²) in [7, 11) is -3.87. The molecular formula is C4H10NO3P. The molecule has 1 rings (SSSR count). The molecule has 0 saturated heterocycles. The molecule has 4 N–H and O–H groups in total. The van der Waals surface area contributed by atoms with Gasteiger partial charge in [-0.05, 0) is 13.3 Å². The van der Waals surface area contributed by atoms with Crippen LogP contribution in [0.5, 0.6) is 0 Å². The first-order valence-electron chi connectivity index (χ1n) is 2.68. The monoisotopic (exact) mass is 151 g/mol. The molecule has 0 aromatic rings. The number of hydrogen-bond acceptors (Lipinski definition) is 2. The van der Waals surface area contributed by atoms with E-state index in [0.29, 0.717) is 6.42 Å². The van der Waals surface area contributed by atoms with Crippen molar-refractivity contribution in [3.63, 3.8) is 0 Å². The van der Waals surface area contributed by atoms with E-state index in [1.54, 1.807) is 6.92 Å². The van der Waals surface area contributed by atoms with E-state index < -0.39 is 18.8 Å². The fourth-order valence-electron chi connectivity index (χ4n) is 0.861. The maximum Gasteiger partial charge on any atom is 0.330 e. The zero-order valence-corrected chi connectivity index (χ0v) is 6.01. The van der Waals surface area contributed by atoms with E-state index in [9.17, 15) is 4.57 Å². The van der Waals surface area contributed by atoms with Crippen molar-refractivity contribution >= 4 is 7.60 Å². The molecule has 1 aliphatic rings. The molecule has 0 aliphatic heterocycles. The van der Waals surface area contributed by atoms with E-state index in [1.165, 1.54) is 0 Å². The van der Waals surface area contributed by atoms with E-state index in [4.69, 9.17) is 15.5 Å². The van der Waals surface area contributed by atoms with Gasteiger partial charge in [-0.3, -0.25) is 4.57 Å². The van der Waals surface area contributed by atoms with E-state index in [1.807, 2.05) is 0 Å². The summed E-state index contributed by atoms with van der Waals surface area (Å²) in [6, 6.07) is 0. The van der Waals surface area contributed by atoms with Crippen molar-refractivity contribution in [1.82, 2.24) is 0 Å². The number of rotatable bonds is 1. The van der Waals surface area contributed by atoms with Crippen LogP contribution in [0.4, 0.5) is 0 Å². The molecule has 0 radical (unpaired) electrons. The maximum absolute atomic E-state index is 10.4. The molecule has 0 aromatic carbocycles. The van der Waals surface area contributed by atoms with Crippen LogP contribution in [0, 0.1) is 0 Å². The second-order valence-electron chi connectivity index (χ2n) is 2.81. The largest absolute Gasteiger partial charge is 0.330 e. The molecule has 0 unspecified atom stereocenters. The molecule has 0 amide bonds. The summed E-state index contributed by atoms with van der Waals surface area (Å²) in [5, 5.41) is 0. The fourth-order valence-corrected chi connectivity index (χ4v) is 2.26. The third kappa shape index (κ3) is 1.33. The van der Waals surface area contributed by atoms with Crippen LogP contribution in [0.25, 0.3) is 0 Å². The van der Waals surface area contributed by atoms with Crippen molar-refractivity contribution in [1.29, 1.82) is 0 Å². The van der Waals surface area contributed by atoms with Gasteiger partial charge < -0.3 is 15.5 Å². The van der Waals surface area contributed by atoms with Gasteiger partial charge in [-0.15, -0.1) is 0 Å². The fraction of sp³-hybridized carbons (Fsp3) is 1.00. The molecule has 0 bridgehead atoms. The van der Waals surface area contributed by atoms with Crippen molar-refractivity contribution in [2.45, 2.75) is 24.5 Å². The van der Waals surface area contributed by atoms with Crippen molar-refractivity contribution in [3.8, 4) is 0 Å². The van der Waals surface area contributed by atoms with Gasteiger partial charge in [0.25, 0.3) is 0 Å². The van der Waals surface area contributed by atoms with Gasteiger partial charge in [-0.25, -0.2) is 0 Å². The number of hydrogen-bond donors (Lipinski definition) is 3. The van der Waals surface area contributed by atoms with Crippen LogP contribution in [0.2, 0.25) is 0 Å². The van der Waals surface area contributed by atoms with E-state index >= 15 is 0 Å². The Hall–Kier alpha value is 0.110. The summed E-state index contributed by atoms with van der Waals surface area (Å²) < 4.78 is 10.4. The first kappa shape index (κ1) is 7.22. The lowest BCUT2D eigenvalue weighted by molar-refractivity contribution is 0.368. The van der Waals surface area contributed by atoms with Crippen LogP contribution in [-0.2, 0) is 4.57 Å². The van der Waals surface area contributed by atoms with Gasteiger partial charge in [0.2, 0.25) is 0 Å². The van der Waals surface area contributed by atoms with Crippen molar-refractivity contribution < 1.29 is 14.4 Å². The highest BCUT2D eigenvalue weighted by Crippen LogP contribution is 2.58. The summed E-state index contributed by atoms with van der Waals surface area (Å²) in [5.74, 6) is 0. The molecule has 5 heteroatoms. The smallest absolute Gasteiger partial charge is 0.324 e. The summed E-state index contributed by atoms with van der Waals surface area (Å²) in [4.78, 5) is 17.0. The Morgan fingerprint density at radius 1 is 1.78 bits per heavy atom. The summed E-state index contributed by atoms with van der Waals surface area (Å²) in [6.45, 7) is 1.65. The molecule has 1 fully saturated rings. The standard InChI is InChI=1S/C4H10NO3P/c1-4(5)2-3(4)9(6,7)8/h3H,2,5H2,1H3,(H2,6,7,8)/t3-,4-/m1/s1. The predicted octanol–water partition coefficient (Wildman–Crippen LogP) is -0.346. The Kier molecular flexibility index (Phi) is 1.27. The van der Waals surface area contributed by atoms with Gasteiger partial charge in [0.1, 0.15) is 0 Å². The zero-order chi connectivity index (χ0) is 7.28. The molecule has 1 saturated carbocycles. The molecule has 0 spiro atoms. The molecule has 4 nitrogen and oxygen atoms in total. The normalized spacial score (nSPS) is 42.9. The van der Waals surface area contributed by atoms with Crippen LogP contribution < -0.4 is 5.73 Å². The molecule has 9 heavy (non-hydrogen) atoms. The van der Waals surface area contributed by atoms with Crippen LogP contribution in [0.1, 0.15) is 13.3 Å². The van der Waals surface area contributed by atoms with Crippen LogP contribution in [0.3, 0.4) is 0 Å². The van der Waals surface area contributed by atoms with E-state index in [2.05, 4.69) is 0 Å². The predicted molar refractivity (Wildman–Crippen MR) is 33.0 cm³/mol. The van der Waals surface area contributed by atoms with Crippen LogP contribution in [-0.4, -0.2) is 21.0 Å². The van der Waals surface area contributed by atoms with Gasteiger partial charge in [-0.2, -0.15) is 0 Å². The molecule has 0 aromatic heterocycles. The highest BCUT2D eigenvalue weighted by molar-refractivity contribution is 7.53. The average Bonchev–Trinajstić information content (AvgIpc) is 2.10. The van der Waals surface area contributed by atoms with Crippen molar-refractivity contribution in [3.05, 3.63) is 0 Å². The van der Waals surface area contributed by atoms with E-state index in [0.717, 1.165) is 0 Å². The third-order valence-corrected chi connectivity index (χ3v) is 3.22. The lowest BCUT2D eigenvalue weighted by Crippen LogP contribution is -2.21. The second-order valence-corrected chi connectivity index (χ2v) is 4.62. The molecule has 1 aliphatic carbocycles. The minimum absolute atomic E-state index is 0.442. The minimum atomic E-state index is -3.87. The quantitative estimate of drug-likeness (QED) is 0.447. The van der Waals surface area contributed by atoms with Crippen molar-refractivity contribution in [2.75, 3.05) is 0 Å². The average molecular weight is 151 g/mol. The Bertz CT molecular complexity index is 173. The Morgan fingerprint density at radius 2 is 2.11 bits per heavy atom. The Labute approximate surface area is 53.2 Å². The molecular weight excluding hydrogens is 141 g/mol. The lowest BCUT2D eigenvalue weighted by Gasteiger charge is -2.03. The summed E-state index contributed by atoms with van der Waals surface area (Å²) >= 11 is 0. The van der Waals surface area contributed by atoms with Gasteiger partial charge >= 0.3 is 7.60 Å². The molecule has 0 heterocycles. The second kappa shape index (κ2) is 1.58.